The highest BCUT2D eigenvalue weighted by atomic mass is 32.2. The van der Waals surface area contributed by atoms with Crippen molar-refractivity contribution in [3.8, 4) is 17.1 Å². The van der Waals surface area contributed by atoms with Crippen LogP contribution in [0.1, 0.15) is 49.4 Å². The zero-order valence-corrected chi connectivity index (χ0v) is 23.4. The van der Waals surface area contributed by atoms with E-state index in [9.17, 15) is 12.8 Å². The molecule has 3 N–H and O–H groups in total. The van der Waals surface area contributed by atoms with Gasteiger partial charge in [0.1, 0.15) is 11.3 Å². The van der Waals surface area contributed by atoms with Crippen LogP contribution in [0.3, 0.4) is 0 Å². The molecular weight excluding hydrogens is 531 g/mol. The van der Waals surface area contributed by atoms with E-state index in [0.29, 0.717) is 40.0 Å². The summed E-state index contributed by atoms with van der Waals surface area (Å²) in [4.78, 5) is 18.6. The van der Waals surface area contributed by atoms with Gasteiger partial charge in [-0.1, -0.05) is 19.1 Å². The van der Waals surface area contributed by atoms with E-state index in [1.165, 1.54) is 31.4 Å². The number of rotatable bonds is 9. The number of halogens is 1. The zero-order chi connectivity index (χ0) is 28.3. The van der Waals surface area contributed by atoms with E-state index in [-0.39, 0.29) is 23.4 Å². The Morgan fingerprint density at radius 1 is 1.02 bits per heavy atom. The van der Waals surface area contributed by atoms with Crippen LogP contribution in [0.15, 0.2) is 48.7 Å². The molecule has 1 aliphatic rings. The number of hydrogen-bond donors (Lipinski definition) is 2. The Morgan fingerprint density at radius 2 is 1.77 bits per heavy atom. The van der Waals surface area contributed by atoms with Gasteiger partial charge in [0.15, 0.2) is 9.84 Å². The van der Waals surface area contributed by atoms with Gasteiger partial charge in [0, 0.05) is 12.1 Å². The van der Waals surface area contributed by atoms with Gasteiger partial charge in [-0.25, -0.2) is 32.7 Å². The molecule has 1 aliphatic carbocycles. The maximum Gasteiger partial charge on any atom is 0.223 e. The number of nitrogens with two attached hydrogens (primary N) is 1. The van der Waals surface area contributed by atoms with E-state index < -0.39 is 15.7 Å². The van der Waals surface area contributed by atoms with E-state index in [2.05, 4.69) is 22.2 Å². The van der Waals surface area contributed by atoms with E-state index >= 15 is 0 Å². The molecule has 9 nitrogen and oxygen atoms in total. The summed E-state index contributed by atoms with van der Waals surface area (Å²) in [6.45, 7) is 2.06. The summed E-state index contributed by atoms with van der Waals surface area (Å²) in [5.74, 6) is -0.0368. The number of ether oxygens (including phenoxy) is 1. The van der Waals surface area contributed by atoms with Crippen LogP contribution in [-0.4, -0.2) is 47.5 Å². The standard InChI is InChI=1S/C29H33FN6O3S/c1-3-19-14-25(35-26-15-32-29(36-27(19)26)34-22-10-8-21(31)9-11-22)24-13-12-23(33-28(24)39-2)17-40(37,38)16-18-4-6-20(30)7-5-18/h4-7,12-15,21-22H,3,8-11,16-17,31H2,1-2H3,(H,32,34,36). The third kappa shape index (κ3) is 6.53. The van der Waals surface area contributed by atoms with Crippen molar-refractivity contribution in [2.24, 2.45) is 5.73 Å². The maximum absolute atomic E-state index is 13.2. The van der Waals surface area contributed by atoms with Crippen molar-refractivity contribution in [2.45, 2.75) is 62.6 Å². The molecule has 0 aliphatic heterocycles. The number of benzene rings is 1. The molecular formula is C29H33FN6O3S. The third-order valence-corrected chi connectivity index (χ3v) is 8.68. The lowest BCUT2D eigenvalue weighted by molar-refractivity contribution is 0.398. The van der Waals surface area contributed by atoms with Gasteiger partial charge in [-0.3, -0.25) is 0 Å². The molecule has 0 radical (unpaired) electrons. The molecule has 1 saturated carbocycles. The molecule has 0 spiro atoms. The highest BCUT2D eigenvalue weighted by Gasteiger charge is 2.21. The van der Waals surface area contributed by atoms with Crippen LogP contribution < -0.4 is 15.8 Å². The number of aromatic nitrogens is 4. The fraction of sp³-hybridized carbons (Fsp3) is 0.379. The molecule has 0 atom stereocenters. The van der Waals surface area contributed by atoms with E-state index in [0.717, 1.165) is 43.2 Å². The lowest BCUT2D eigenvalue weighted by atomic mass is 9.92. The van der Waals surface area contributed by atoms with Crippen LogP contribution in [0.2, 0.25) is 0 Å². The van der Waals surface area contributed by atoms with Gasteiger partial charge in [-0.2, -0.15) is 0 Å². The number of hydrogen-bond acceptors (Lipinski definition) is 9. The van der Waals surface area contributed by atoms with Gasteiger partial charge in [0.2, 0.25) is 11.8 Å². The molecule has 1 aromatic carbocycles. The van der Waals surface area contributed by atoms with E-state index in [4.69, 9.17) is 20.4 Å². The smallest absolute Gasteiger partial charge is 0.223 e. The number of nitrogens with one attached hydrogen (secondary N) is 1. The monoisotopic (exact) mass is 564 g/mol. The van der Waals surface area contributed by atoms with Crippen molar-refractivity contribution in [2.75, 3.05) is 12.4 Å². The summed E-state index contributed by atoms with van der Waals surface area (Å²) in [5, 5.41) is 3.45. The van der Waals surface area contributed by atoms with Crippen LogP contribution in [0.5, 0.6) is 5.88 Å². The molecule has 11 heteroatoms. The Bertz CT molecular complexity index is 1610. The Morgan fingerprint density at radius 3 is 2.48 bits per heavy atom. The minimum Gasteiger partial charge on any atom is -0.480 e. The number of aryl methyl sites for hydroxylation is 1. The Kier molecular flexibility index (Phi) is 8.22. The average molecular weight is 565 g/mol. The van der Waals surface area contributed by atoms with Crippen LogP contribution in [0.25, 0.3) is 22.3 Å². The van der Waals surface area contributed by atoms with Gasteiger partial charge >= 0.3 is 0 Å². The second kappa shape index (κ2) is 11.8. The van der Waals surface area contributed by atoms with Crippen molar-refractivity contribution in [3.05, 3.63) is 71.3 Å². The minimum atomic E-state index is -3.55. The molecule has 0 bridgehead atoms. The Labute approximate surface area is 233 Å². The molecule has 5 rings (SSSR count). The van der Waals surface area contributed by atoms with Crippen LogP contribution in [0, 0.1) is 5.82 Å². The molecule has 0 amide bonds. The number of anilines is 1. The van der Waals surface area contributed by atoms with Crippen molar-refractivity contribution in [1.82, 2.24) is 19.9 Å². The van der Waals surface area contributed by atoms with Gasteiger partial charge in [-0.15, -0.1) is 0 Å². The van der Waals surface area contributed by atoms with Crippen molar-refractivity contribution in [3.63, 3.8) is 0 Å². The van der Waals surface area contributed by atoms with Gasteiger partial charge in [-0.05, 0) is 73.6 Å². The highest BCUT2D eigenvalue weighted by molar-refractivity contribution is 7.89. The third-order valence-electron chi connectivity index (χ3n) is 7.17. The Hall–Kier alpha value is -3.70. The fourth-order valence-corrected chi connectivity index (χ4v) is 6.45. The molecule has 0 unspecified atom stereocenters. The SMILES string of the molecule is CCc1cc(-c2ccc(CS(=O)(=O)Cc3ccc(F)cc3)nc2OC)nc2cnc(NC3CCC(N)CC3)nc12. The van der Waals surface area contributed by atoms with Crippen molar-refractivity contribution >= 4 is 26.8 Å². The largest absolute Gasteiger partial charge is 0.480 e. The summed E-state index contributed by atoms with van der Waals surface area (Å²) in [6.07, 6.45) is 6.43. The lowest BCUT2D eigenvalue weighted by Gasteiger charge is -2.26. The van der Waals surface area contributed by atoms with Crippen molar-refractivity contribution < 1.29 is 17.5 Å². The van der Waals surface area contributed by atoms with Gasteiger partial charge < -0.3 is 15.8 Å². The Balaban J connectivity index is 1.39. The lowest BCUT2D eigenvalue weighted by Crippen LogP contribution is -2.33. The van der Waals surface area contributed by atoms with E-state index in [1.54, 1.807) is 18.3 Å². The molecule has 3 aromatic heterocycles. The number of methoxy groups -OCH3 is 1. The van der Waals surface area contributed by atoms with Gasteiger partial charge in [0.25, 0.3) is 0 Å². The van der Waals surface area contributed by atoms with Crippen molar-refractivity contribution in [1.29, 1.82) is 0 Å². The molecule has 210 valence electrons. The average Bonchev–Trinajstić information content (AvgIpc) is 2.94. The predicted octanol–water partition coefficient (Wildman–Crippen LogP) is 4.59. The normalized spacial score (nSPS) is 17.6. The number of nitrogens with zero attached hydrogens (tertiary/aromatic N) is 4. The number of fused-ring (bicyclic) bond motifs is 1. The first-order valence-corrected chi connectivity index (χ1v) is 15.2. The molecule has 4 aromatic rings. The number of sulfone groups is 1. The highest BCUT2D eigenvalue weighted by Crippen LogP contribution is 2.31. The maximum atomic E-state index is 13.2. The first-order valence-electron chi connectivity index (χ1n) is 13.4. The molecule has 1 fully saturated rings. The summed E-state index contributed by atoms with van der Waals surface area (Å²) >= 11 is 0. The predicted molar refractivity (Wildman–Crippen MR) is 153 cm³/mol. The minimum absolute atomic E-state index is 0.212. The fourth-order valence-electron chi connectivity index (χ4n) is 5.03. The molecule has 0 saturated heterocycles. The van der Waals surface area contributed by atoms with Crippen LogP contribution >= 0.6 is 0 Å². The second-order valence-corrected chi connectivity index (χ2v) is 12.3. The summed E-state index contributed by atoms with van der Waals surface area (Å²) in [6, 6.07) is 11.4. The zero-order valence-electron chi connectivity index (χ0n) is 22.6. The number of pyridine rings is 2. The van der Waals surface area contributed by atoms with Crippen LogP contribution in [0.4, 0.5) is 10.3 Å². The van der Waals surface area contributed by atoms with Crippen LogP contribution in [-0.2, 0) is 27.8 Å². The molecule has 40 heavy (non-hydrogen) atoms. The summed E-state index contributed by atoms with van der Waals surface area (Å²) in [5.41, 5.74) is 10.6. The summed E-state index contributed by atoms with van der Waals surface area (Å²) < 4.78 is 44.3. The van der Waals surface area contributed by atoms with E-state index in [1.807, 2.05) is 6.07 Å². The quantitative estimate of drug-likeness (QED) is 0.299. The summed E-state index contributed by atoms with van der Waals surface area (Å²) in [7, 11) is -2.06. The first kappa shape index (κ1) is 27.9. The first-order chi connectivity index (χ1) is 19.2. The second-order valence-electron chi connectivity index (χ2n) is 10.2. The molecule has 3 heterocycles. The topological polar surface area (TPSA) is 133 Å². The van der Waals surface area contributed by atoms with Gasteiger partial charge in [0.05, 0.1) is 47.3 Å².